The third-order valence-corrected chi connectivity index (χ3v) is 7.54. The molecule has 28 heavy (non-hydrogen) atoms. The molecule has 7 atom stereocenters. The minimum atomic E-state index is -0.727. The summed E-state index contributed by atoms with van der Waals surface area (Å²) < 4.78 is 10.8. The number of piperidine rings is 2. The van der Waals surface area contributed by atoms with Crippen molar-refractivity contribution >= 4 is 11.5 Å². The minimum Gasteiger partial charge on any atom is -0.497 e. The van der Waals surface area contributed by atoms with Crippen molar-refractivity contribution in [1.29, 1.82) is 0 Å². The van der Waals surface area contributed by atoms with Crippen LogP contribution in [0.5, 0.6) is 5.75 Å². The lowest BCUT2D eigenvalue weighted by Gasteiger charge is -2.59. The maximum absolute atomic E-state index is 13.4. The lowest BCUT2D eigenvalue weighted by Crippen LogP contribution is -2.69. The number of hydrogen-bond donors (Lipinski definition) is 1. The van der Waals surface area contributed by atoms with Gasteiger partial charge in [0.1, 0.15) is 11.2 Å². The Hall–Kier alpha value is -1.92. The topological polar surface area (TPSA) is 71.4 Å². The molecule has 150 valence electrons. The molecule has 0 spiro atoms. The molecule has 4 fully saturated rings. The van der Waals surface area contributed by atoms with Crippen molar-refractivity contribution < 1.29 is 19.4 Å². The third kappa shape index (κ3) is 2.28. The number of carbonyl (C=O) groups is 1. The molecule has 4 bridgehead atoms. The lowest BCUT2D eigenvalue weighted by molar-refractivity contribution is -0.180. The average molecular weight is 384 g/mol. The number of rotatable bonds is 3. The van der Waals surface area contributed by atoms with E-state index in [4.69, 9.17) is 14.5 Å². The first kappa shape index (κ1) is 18.1. The van der Waals surface area contributed by atoms with E-state index in [9.17, 15) is 9.90 Å². The molecular weight excluding hydrogens is 356 g/mol. The van der Waals surface area contributed by atoms with E-state index in [1.807, 2.05) is 19.1 Å². The van der Waals surface area contributed by atoms with Crippen molar-refractivity contribution in [2.45, 2.75) is 44.4 Å². The molecular formula is C22H28N2O4. The zero-order chi connectivity index (χ0) is 19.6. The predicted molar refractivity (Wildman–Crippen MR) is 103 cm³/mol. The van der Waals surface area contributed by atoms with E-state index in [1.165, 1.54) is 12.7 Å². The van der Waals surface area contributed by atoms with Gasteiger partial charge in [0.2, 0.25) is 0 Å². The van der Waals surface area contributed by atoms with Crippen LogP contribution in [0.3, 0.4) is 0 Å². The summed E-state index contributed by atoms with van der Waals surface area (Å²) >= 11 is 0. The van der Waals surface area contributed by atoms with Gasteiger partial charge in [-0.25, -0.2) is 0 Å². The molecule has 3 saturated heterocycles. The van der Waals surface area contributed by atoms with Gasteiger partial charge in [0, 0.05) is 36.3 Å². The molecule has 1 aromatic rings. The largest absolute Gasteiger partial charge is 0.497 e. The van der Waals surface area contributed by atoms with Gasteiger partial charge in [-0.3, -0.25) is 14.7 Å². The summed E-state index contributed by atoms with van der Waals surface area (Å²) in [7, 11) is 3.14. The molecule has 6 rings (SSSR count). The van der Waals surface area contributed by atoms with E-state index >= 15 is 0 Å². The highest BCUT2D eigenvalue weighted by Crippen LogP contribution is 2.57. The van der Waals surface area contributed by atoms with Gasteiger partial charge in [-0.05, 0) is 49.8 Å². The second-order valence-corrected chi connectivity index (χ2v) is 8.87. The summed E-state index contributed by atoms with van der Waals surface area (Å²) in [4.78, 5) is 20.9. The van der Waals surface area contributed by atoms with Crippen LogP contribution in [0, 0.1) is 17.3 Å². The summed E-state index contributed by atoms with van der Waals surface area (Å²) in [5.41, 5.74) is 0.512. The zero-order valence-electron chi connectivity index (χ0n) is 16.7. The number of hydrogen-bond acceptors (Lipinski definition) is 6. The molecule has 0 radical (unpaired) electrons. The van der Waals surface area contributed by atoms with E-state index in [2.05, 4.69) is 11.0 Å². The Morgan fingerprint density at radius 1 is 1.39 bits per heavy atom. The van der Waals surface area contributed by atoms with Gasteiger partial charge in [0.25, 0.3) is 0 Å². The molecule has 0 amide bonds. The maximum atomic E-state index is 13.4. The predicted octanol–water partition coefficient (Wildman–Crippen LogP) is 0.502. The first-order valence-corrected chi connectivity index (χ1v) is 10.2. The molecule has 6 nitrogen and oxygen atoms in total. The Bertz CT molecular complexity index is 942. The fourth-order valence-corrected chi connectivity index (χ4v) is 6.57. The number of benzene rings is 1. The monoisotopic (exact) mass is 384 g/mol. The van der Waals surface area contributed by atoms with Crippen LogP contribution in [0.2, 0.25) is 0 Å². The fourth-order valence-electron chi connectivity index (χ4n) is 6.57. The highest BCUT2D eigenvalue weighted by Gasteiger charge is 2.66. The Labute approximate surface area is 164 Å². The summed E-state index contributed by atoms with van der Waals surface area (Å²) in [5, 5.41) is 12.6. The van der Waals surface area contributed by atoms with Crippen molar-refractivity contribution in [3.63, 3.8) is 0 Å². The van der Waals surface area contributed by atoms with E-state index in [0.717, 1.165) is 48.7 Å². The molecule has 6 heteroatoms. The standard InChI is InChI=1S/C22H28N2O4/c1-12(25)17-8-13-10-22(21(26)28-3)19-16(6-7-24(11-13)20(17)22)15-5-4-14(27-2)9-18(15)23-19/h4-5,9,12-13,17,19-20,25H,6-8,10-11H2,1-3H3. The van der Waals surface area contributed by atoms with E-state index in [-0.39, 0.29) is 24.0 Å². The molecule has 5 aliphatic rings. The second-order valence-electron chi connectivity index (χ2n) is 8.87. The van der Waals surface area contributed by atoms with E-state index < -0.39 is 11.5 Å². The van der Waals surface area contributed by atoms with Gasteiger partial charge >= 0.3 is 5.97 Å². The van der Waals surface area contributed by atoms with Crippen LogP contribution >= 0.6 is 0 Å². The van der Waals surface area contributed by atoms with Crippen LogP contribution in [0.15, 0.2) is 23.2 Å². The summed E-state index contributed by atoms with van der Waals surface area (Å²) in [6.07, 6.45) is 2.19. The fraction of sp³-hybridized carbons (Fsp3) is 0.636. The van der Waals surface area contributed by atoms with Crippen molar-refractivity contribution in [3.05, 3.63) is 28.8 Å². The summed E-state index contributed by atoms with van der Waals surface area (Å²) in [5.74, 6) is 1.06. The van der Waals surface area contributed by atoms with Crippen LogP contribution in [0.1, 0.15) is 26.2 Å². The van der Waals surface area contributed by atoms with E-state index in [1.54, 1.807) is 7.11 Å². The van der Waals surface area contributed by atoms with Crippen LogP contribution in [0.25, 0.3) is 5.57 Å². The number of carbonyl (C=O) groups excluding carboxylic acids is 1. The lowest BCUT2D eigenvalue weighted by atomic mass is 9.54. The van der Waals surface area contributed by atoms with Crippen LogP contribution in [-0.4, -0.2) is 61.5 Å². The summed E-state index contributed by atoms with van der Waals surface area (Å²) in [6, 6.07) is 5.75. The molecule has 7 unspecified atom stereocenters. The van der Waals surface area contributed by atoms with Gasteiger partial charge < -0.3 is 14.6 Å². The van der Waals surface area contributed by atoms with Crippen LogP contribution in [0.4, 0.5) is 0 Å². The summed E-state index contributed by atoms with van der Waals surface area (Å²) in [6.45, 7) is 3.76. The van der Waals surface area contributed by atoms with Crippen molar-refractivity contribution in [1.82, 2.24) is 4.90 Å². The van der Waals surface area contributed by atoms with Crippen LogP contribution < -0.4 is 15.3 Å². The van der Waals surface area contributed by atoms with E-state index in [0.29, 0.717) is 5.92 Å². The SMILES string of the molecule is COC(=O)C12CC3CC(C(C)O)C1N(CCC1=c4ccc(OC)cc4=NC12)C3. The number of fused-ring (bicyclic) bond motifs is 3. The highest BCUT2D eigenvalue weighted by molar-refractivity contribution is 5.83. The van der Waals surface area contributed by atoms with Gasteiger partial charge in [-0.2, -0.15) is 0 Å². The van der Waals surface area contributed by atoms with Crippen molar-refractivity contribution in [2.75, 3.05) is 27.3 Å². The Morgan fingerprint density at radius 3 is 2.93 bits per heavy atom. The van der Waals surface area contributed by atoms with Gasteiger partial charge in [0.05, 0.1) is 31.7 Å². The first-order valence-electron chi connectivity index (χ1n) is 10.2. The molecule has 1 saturated carbocycles. The first-order chi connectivity index (χ1) is 13.5. The minimum absolute atomic E-state index is 0.0348. The molecule has 0 aromatic heterocycles. The maximum Gasteiger partial charge on any atom is 0.315 e. The molecule has 1 aromatic carbocycles. The number of ether oxygens (including phenoxy) is 2. The Morgan fingerprint density at radius 2 is 2.21 bits per heavy atom. The number of esters is 1. The Kier molecular flexibility index (Phi) is 4.07. The quantitative estimate of drug-likeness (QED) is 0.769. The molecule has 4 aliphatic heterocycles. The van der Waals surface area contributed by atoms with Gasteiger partial charge in [-0.1, -0.05) is 0 Å². The molecule has 1 aliphatic carbocycles. The van der Waals surface area contributed by atoms with Crippen molar-refractivity contribution in [3.8, 4) is 5.75 Å². The molecule has 1 N–H and O–H groups in total. The second kappa shape index (κ2) is 6.29. The number of aliphatic hydroxyl groups excluding tert-OH is 1. The normalized spacial score (nSPS) is 38.7. The number of aliphatic hydroxyl groups is 1. The Balaban J connectivity index is 1.74. The third-order valence-electron chi connectivity index (χ3n) is 7.54. The zero-order valence-corrected chi connectivity index (χ0v) is 16.7. The van der Waals surface area contributed by atoms with Crippen molar-refractivity contribution in [2.24, 2.45) is 22.2 Å². The highest BCUT2D eigenvalue weighted by atomic mass is 16.5. The van der Waals surface area contributed by atoms with Gasteiger partial charge in [-0.15, -0.1) is 0 Å². The molecule has 4 heterocycles. The number of nitrogens with zero attached hydrogens (tertiary/aromatic N) is 2. The van der Waals surface area contributed by atoms with Gasteiger partial charge in [0.15, 0.2) is 0 Å². The van der Waals surface area contributed by atoms with Crippen LogP contribution in [-0.2, 0) is 9.53 Å². The smallest absolute Gasteiger partial charge is 0.315 e. The number of methoxy groups -OCH3 is 2. The average Bonchev–Trinajstić information content (AvgIpc) is 3.04.